The third kappa shape index (κ3) is 3.27. The van der Waals surface area contributed by atoms with Crippen molar-refractivity contribution in [2.75, 3.05) is 0 Å². The van der Waals surface area contributed by atoms with Crippen molar-refractivity contribution in [3.8, 4) is 0 Å². The summed E-state index contributed by atoms with van der Waals surface area (Å²) in [5.41, 5.74) is 0.530. The van der Waals surface area contributed by atoms with Crippen LogP contribution in [0.5, 0.6) is 0 Å². The predicted molar refractivity (Wildman–Crippen MR) is 63.8 cm³/mol. The Hall–Kier alpha value is -0.963. The summed E-state index contributed by atoms with van der Waals surface area (Å²) < 4.78 is 13.4. The maximum atomic E-state index is 13.4. The molecule has 0 aliphatic heterocycles. The van der Waals surface area contributed by atoms with Crippen LogP contribution in [0.1, 0.15) is 12.5 Å². The first-order valence-electron chi connectivity index (χ1n) is 5.09. The highest BCUT2D eigenvalue weighted by atomic mass is 28.3. The molecule has 0 aliphatic carbocycles. The third-order valence-electron chi connectivity index (χ3n) is 2.35. The highest BCUT2D eigenvalue weighted by Crippen LogP contribution is 2.10. The molecule has 82 valence electrons. The van der Waals surface area contributed by atoms with Crippen LogP contribution in [0.25, 0.3) is 0 Å². The summed E-state index contributed by atoms with van der Waals surface area (Å²) >= 11 is 0. The van der Waals surface area contributed by atoms with E-state index in [0.717, 1.165) is 0 Å². The van der Waals surface area contributed by atoms with E-state index in [2.05, 4.69) is 19.6 Å². The molecule has 0 radical (unpaired) electrons. The van der Waals surface area contributed by atoms with Crippen molar-refractivity contribution in [2.24, 2.45) is 0 Å². The van der Waals surface area contributed by atoms with Crippen LogP contribution in [0.2, 0.25) is 19.6 Å². The minimum atomic E-state index is -1.42. The van der Waals surface area contributed by atoms with Gasteiger partial charge in [-0.2, -0.15) is 0 Å². The van der Waals surface area contributed by atoms with E-state index in [9.17, 15) is 9.18 Å². The number of hydrogen-bond donors (Lipinski definition) is 0. The topological polar surface area (TPSA) is 17.1 Å². The second-order valence-corrected chi connectivity index (χ2v) is 10.0. The lowest BCUT2D eigenvalue weighted by atomic mass is 10.1. The standard InChI is InChI=1S/C12H17FOSi/c1-9(14)7-10-8-11(15(2,3)4)5-6-12(10)13/h5-6,8H,7H2,1-4H3. The Balaban J connectivity index is 3.11. The van der Waals surface area contributed by atoms with E-state index in [1.165, 1.54) is 18.2 Å². The summed E-state index contributed by atoms with van der Waals surface area (Å²) in [6, 6.07) is 5.17. The molecule has 0 saturated heterocycles. The first-order chi connectivity index (χ1) is 6.80. The van der Waals surface area contributed by atoms with Crippen molar-refractivity contribution in [1.82, 2.24) is 0 Å². The Morgan fingerprint density at radius 1 is 1.33 bits per heavy atom. The number of carbonyl (C=O) groups is 1. The van der Waals surface area contributed by atoms with E-state index in [1.54, 1.807) is 0 Å². The molecule has 1 aromatic carbocycles. The monoisotopic (exact) mass is 224 g/mol. The molecule has 1 aromatic rings. The third-order valence-corrected chi connectivity index (χ3v) is 4.39. The number of rotatable bonds is 3. The Kier molecular flexibility index (Phi) is 3.45. The van der Waals surface area contributed by atoms with Gasteiger partial charge in [-0.25, -0.2) is 4.39 Å². The first-order valence-corrected chi connectivity index (χ1v) is 8.59. The van der Waals surface area contributed by atoms with Crippen molar-refractivity contribution in [1.29, 1.82) is 0 Å². The quantitative estimate of drug-likeness (QED) is 0.721. The lowest BCUT2D eigenvalue weighted by Gasteiger charge is -2.17. The molecule has 0 fully saturated rings. The van der Waals surface area contributed by atoms with Gasteiger partial charge in [0.25, 0.3) is 0 Å². The molecule has 0 unspecified atom stereocenters. The SMILES string of the molecule is CC(=O)Cc1cc([Si](C)(C)C)ccc1F. The number of carbonyl (C=O) groups excluding carboxylic acids is 1. The average Bonchev–Trinajstić information content (AvgIpc) is 2.06. The average molecular weight is 224 g/mol. The van der Waals surface area contributed by atoms with Gasteiger partial charge in [0.05, 0.1) is 8.07 Å². The molecule has 0 bridgehead atoms. The van der Waals surface area contributed by atoms with Crippen LogP contribution in [0.4, 0.5) is 4.39 Å². The smallest absolute Gasteiger partial charge is 0.134 e. The van der Waals surface area contributed by atoms with Crippen LogP contribution in [0.3, 0.4) is 0 Å². The molecular formula is C12H17FOSi. The molecule has 0 N–H and O–H groups in total. The Bertz CT molecular complexity index is 380. The van der Waals surface area contributed by atoms with Crippen molar-refractivity contribution >= 4 is 19.0 Å². The van der Waals surface area contributed by atoms with Gasteiger partial charge in [0.1, 0.15) is 11.6 Å². The van der Waals surface area contributed by atoms with Crippen molar-refractivity contribution in [3.05, 3.63) is 29.6 Å². The highest BCUT2D eigenvalue weighted by Gasteiger charge is 2.18. The molecule has 1 rings (SSSR count). The van der Waals surface area contributed by atoms with Gasteiger partial charge < -0.3 is 0 Å². The van der Waals surface area contributed by atoms with Crippen LogP contribution in [0.15, 0.2) is 18.2 Å². The number of halogens is 1. The molecule has 0 spiro atoms. The molecule has 3 heteroatoms. The van der Waals surface area contributed by atoms with Crippen molar-refractivity contribution in [2.45, 2.75) is 33.0 Å². The zero-order valence-electron chi connectivity index (χ0n) is 9.73. The van der Waals surface area contributed by atoms with Gasteiger partial charge in [0, 0.05) is 6.42 Å². The first kappa shape index (κ1) is 12.1. The Labute approximate surface area is 91.3 Å². The molecular weight excluding hydrogens is 207 g/mol. The summed E-state index contributed by atoms with van der Waals surface area (Å²) in [6.45, 7) is 8.11. The molecule has 15 heavy (non-hydrogen) atoms. The molecule has 0 aliphatic rings. The van der Waals surface area contributed by atoms with Gasteiger partial charge in [-0.3, -0.25) is 4.79 Å². The summed E-state index contributed by atoms with van der Waals surface area (Å²) in [7, 11) is -1.42. The van der Waals surface area contributed by atoms with E-state index < -0.39 is 8.07 Å². The minimum absolute atomic E-state index is 0.00151. The zero-order valence-corrected chi connectivity index (χ0v) is 10.7. The number of hydrogen-bond acceptors (Lipinski definition) is 1. The fourth-order valence-corrected chi connectivity index (χ4v) is 2.64. The fourth-order valence-electron chi connectivity index (χ4n) is 1.44. The van der Waals surface area contributed by atoms with Gasteiger partial charge >= 0.3 is 0 Å². The van der Waals surface area contributed by atoms with Crippen LogP contribution >= 0.6 is 0 Å². The molecule has 0 atom stereocenters. The summed E-state index contributed by atoms with van der Waals surface area (Å²) in [6.07, 6.45) is 0.199. The van der Waals surface area contributed by atoms with E-state index in [-0.39, 0.29) is 18.0 Å². The largest absolute Gasteiger partial charge is 0.300 e. The number of ketones is 1. The van der Waals surface area contributed by atoms with Crippen LogP contribution in [-0.4, -0.2) is 13.9 Å². The molecule has 0 aromatic heterocycles. The van der Waals surface area contributed by atoms with Gasteiger partial charge in [-0.05, 0) is 18.6 Å². The maximum absolute atomic E-state index is 13.4. The second-order valence-electron chi connectivity index (χ2n) is 4.93. The number of benzene rings is 1. The molecule has 0 heterocycles. The Morgan fingerprint density at radius 2 is 1.93 bits per heavy atom. The van der Waals surface area contributed by atoms with Gasteiger partial charge in [-0.1, -0.05) is 37.0 Å². The van der Waals surface area contributed by atoms with Crippen molar-refractivity contribution in [3.63, 3.8) is 0 Å². The van der Waals surface area contributed by atoms with Crippen LogP contribution in [0, 0.1) is 5.82 Å². The molecule has 0 amide bonds. The Morgan fingerprint density at radius 3 is 2.40 bits per heavy atom. The van der Waals surface area contributed by atoms with Crippen LogP contribution < -0.4 is 5.19 Å². The van der Waals surface area contributed by atoms with E-state index >= 15 is 0 Å². The minimum Gasteiger partial charge on any atom is -0.300 e. The predicted octanol–water partition coefficient (Wildman–Crippen LogP) is 2.50. The zero-order chi connectivity index (χ0) is 11.6. The van der Waals surface area contributed by atoms with E-state index in [0.29, 0.717) is 5.56 Å². The van der Waals surface area contributed by atoms with Gasteiger partial charge in [0.15, 0.2) is 0 Å². The summed E-state index contributed by atoms with van der Waals surface area (Å²) in [4.78, 5) is 11.0. The maximum Gasteiger partial charge on any atom is 0.134 e. The van der Waals surface area contributed by atoms with Crippen molar-refractivity contribution < 1.29 is 9.18 Å². The van der Waals surface area contributed by atoms with E-state index in [1.807, 2.05) is 12.1 Å². The number of Topliss-reactive ketones (excluding diaryl/α,β-unsaturated/α-hetero) is 1. The lowest BCUT2D eigenvalue weighted by Crippen LogP contribution is -2.37. The van der Waals surface area contributed by atoms with Gasteiger partial charge in [0.2, 0.25) is 0 Å². The van der Waals surface area contributed by atoms with E-state index in [4.69, 9.17) is 0 Å². The second kappa shape index (κ2) is 4.27. The van der Waals surface area contributed by atoms with Crippen LogP contribution in [-0.2, 0) is 11.2 Å². The fraction of sp³-hybridized carbons (Fsp3) is 0.417. The molecule has 0 saturated carbocycles. The lowest BCUT2D eigenvalue weighted by molar-refractivity contribution is -0.116. The summed E-state index contributed by atoms with van der Waals surface area (Å²) in [5.74, 6) is -0.270. The molecule has 1 nitrogen and oxygen atoms in total. The normalized spacial score (nSPS) is 11.5. The summed E-state index contributed by atoms with van der Waals surface area (Å²) in [5, 5.41) is 1.19. The van der Waals surface area contributed by atoms with Gasteiger partial charge in [-0.15, -0.1) is 0 Å². The highest BCUT2D eigenvalue weighted by molar-refractivity contribution is 6.88.